The first-order chi connectivity index (χ1) is 6.99. The summed E-state index contributed by atoms with van der Waals surface area (Å²) in [5.41, 5.74) is 6.19. The summed E-state index contributed by atoms with van der Waals surface area (Å²) in [6, 6.07) is 0.678. The molecule has 2 heteroatoms. The van der Waals surface area contributed by atoms with Gasteiger partial charge in [-0.25, -0.2) is 0 Å². The molecule has 2 unspecified atom stereocenters. The minimum atomic E-state index is 0.297. The van der Waals surface area contributed by atoms with E-state index in [9.17, 15) is 0 Å². The van der Waals surface area contributed by atoms with Crippen LogP contribution in [0.4, 0.5) is 0 Å². The second-order valence-corrected chi connectivity index (χ2v) is 5.32. The van der Waals surface area contributed by atoms with Gasteiger partial charge in [-0.3, -0.25) is 0 Å². The summed E-state index contributed by atoms with van der Waals surface area (Å²) in [5, 5.41) is 0. The van der Waals surface area contributed by atoms with Crippen molar-refractivity contribution >= 4 is 0 Å². The summed E-state index contributed by atoms with van der Waals surface area (Å²) in [5.74, 6) is 0. The van der Waals surface area contributed by atoms with E-state index in [-0.39, 0.29) is 0 Å². The Kier molecular flexibility index (Phi) is 7.20. The molecular formula is C13H30N2. The molecule has 92 valence electrons. The van der Waals surface area contributed by atoms with Gasteiger partial charge in [0.1, 0.15) is 0 Å². The van der Waals surface area contributed by atoms with E-state index in [2.05, 4.69) is 39.6 Å². The molecule has 0 aromatic heterocycles. The molecule has 2 atom stereocenters. The van der Waals surface area contributed by atoms with Crippen LogP contribution in [0, 0.1) is 5.41 Å². The number of hydrogen-bond acceptors (Lipinski definition) is 2. The van der Waals surface area contributed by atoms with Gasteiger partial charge in [-0.15, -0.1) is 0 Å². The van der Waals surface area contributed by atoms with E-state index >= 15 is 0 Å². The molecular weight excluding hydrogens is 184 g/mol. The van der Waals surface area contributed by atoms with Crippen molar-refractivity contribution in [3.05, 3.63) is 0 Å². The summed E-state index contributed by atoms with van der Waals surface area (Å²) >= 11 is 0. The van der Waals surface area contributed by atoms with Gasteiger partial charge in [-0.05, 0) is 38.8 Å². The summed E-state index contributed by atoms with van der Waals surface area (Å²) in [4.78, 5) is 2.46. The van der Waals surface area contributed by atoms with Crippen LogP contribution in [0.15, 0.2) is 0 Å². The van der Waals surface area contributed by atoms with Crippen LogP contribution in [0.1, 0.15) is 53.4 Å². The molecule has 0 bridgehead atoms. The van der Waals surface area contributed by atoms with Gasteiger partial charge >= 0.3 is 0 Å². The molecule has 0 heterocycles. The van der Waals surface area contributed by atoms with Gasteiger partial charge in [0.15, 0.2) is 0 Å². The molecule has 0 aromatic rings. The molecule has 2 nitrogen and oxygen atoms in total. The Morgan fingerprint density at radius 1 is 1.27 bits per heavy atom. The maximum Gasteiger partial charge on any atom is 0.00640 e. The number of hydrogen-bond donors (Lipinski definition) is 1. The van der Waals surface area contributed by atoms with Crippen LogP contribution in [0.5, 0.6) is 0 Å². The van der Waals surface area contributed by atoms with Crippen molar-refractivity contribution < 1.29 is 0 Å². The molecule has 0 spiro atoms. The van der Waals surface area contributed by atoms with E-state index in [0.717, 1.165) is 13.1 Å². The van der Waals surface area contributed by atoms with Crippen LogP contribution in [-0.2, 0) is 0 Å². The summed E-state index contributed by atoms with van der Waals surface area (Å²) in [7, 11) is 2.23. The predicted molar refractivity (Wildman–Crippen MR) is 69.1 cm³/mol. The quantitative estimate of drug-likeness (QED) is 0.673. The van der Waals surface area contributed by atoms with E-state index < -0.39 is 0 Å². The Labute approximate surface area is 96.2 Å². The third-order valence-electron chi connectivity index (χ3n) is 3.44. The highest BCUT2D eigenvalue weighted by Crippen LogP contribution is 2.24. The Morgan fingerprint density at radius 2 is 1.87 bits per heavy atom. The van der Waals surface area contributed by atoms with Crippen LogP contribution >= 0.6 is 0 Å². The summed E-state index contributed by atoms with van der Waals surface area (Å²) in [6.07, 6.45) is 5.00. The number of rotatable bonds is 8. The van der Waals surface area contributed by atoms with Crippen LogP contribution < -0.4 is 5.73 Å². The molecule has 0 rings (SSSR count). The molecule has 0 aliphatic carbocycles. The highest BCUT2D eigenvalue weighted by Gasteiger charge is 2.24. The van der Waals surface area contributed by atoms with Crippen LogP contribution in [-0.4, -0.2) is 31.1 Å². The normalized spacial score (nSPS) is 17.8. The highest BCUT2D eigenvalue weighted by molar-refractivity contribution is 4.79. The maximum atomic E-state index is 5.89. The minimum Gasteiger partial charge on any atom is -0.330 e. The first-order valence-electron chi connectivity index (χ1n) is 6.39. The number of nitrogens with zero attached hydrogens (tertiary/aromatic N) is 1. The molecule has 0 fully saturated rings. The van der Waals surface area contributed by atoms with E-state index in [1.165, 1.54) is 25.7 Å². The lowest BCUT2D eigenvalue weighted by atomic mass is 9.85. The van der Waals surface area contributed by atoms with Crippen molar-refractivity contribution in [1.29, 1.82) is 0 Å². The summed E-state index contributed by atoms with van der Waals surface area (Å²) in [6.45, 7) is 11.0. The molecule has 0 aliphatic rings. The van der Waals surface area contributed by atoms with Gasteiger partial charge in [-0.1, -0.05) is 33.6 Å². The lowest BCUT2D eigenvalue weighted by Gasteiger charge is -2.35. The smallest absolute Gasteiger partial charge is 0.00640 e. The average Bonchev–Trinajstić information content (AvgIpc) is 2.18. The third-order valence-corrected chi connectivity index (χ3v) is 3.44. The van der Waals surface area contributed by atoms with Crippen molar-refractivity contribution in [2.24, 2.45) is 11.1 Å². The molecule has 2 N–H and O–H groups in total. The largest absolute Gasteiger partial charge is 0.330 e. The average molecular weight is 214 g/mol. The standard InChI is InChI=1S/C13H30N2/c1-6-8-12(3)15(5)11-13(4,10-14)9-7-2/h12H,6-11,14H2,1-5H3. The highest BCUT2D eigenvalue weighted by atomic mass is 15.1. The van der Waals surface area contributed by atoms with Crippen molar-refractivity contribution in [3.8, 4) is 0 Å². The van der Waals surface area contributed by atoms with Gasteiger partial charge in [0.05, 0.1) is 0 Å². The zero-order chi connectivity index (χ0) is 11.9. The fourth-order valence-electron chi connectivity index (χ4n) is 2.25. The Morgan fingerprint density at radius 3 is 2.27 bits per heavy atom. The van der Waals surface area contributed by atoms with Gasteiger partial charge in [0, 0.05) is 12.6 Å². The predicted octanol–water partition coefficient (Wildman–Crippen LogP) is 2.87. The van der Waals surface area contributed by atoms with Crippen LogP contribution in [0.25, 0.3) is 0 Å². The van der Waals surface area contributed by atoms with Gasteiger partial charge in [-0.2, -0.15) is 0 Å². The Balaban J connectivity index is 4.15. The van der Waals surface area contributed by atoms with E-state index in [0.29, 0.717) is 11.5 Å². The lowest BCUT2D eigenvalue weighted by molar-refractivity contribution is 0.145. The molecule has 0 saturated carbocycles. The first kappa shape index (κ1) is 14.9. The molecule has 0 aromatic carbocycles. The van der Waals surface area contributed by atoms with E-state index in [1.54, 1.807) is 0 Å². The zero-order valence-electron chi connectivity index (χ0n) is 11.3. The van der Waals surface area contributed by atoms with Crippen LogP contribution in [0.3, 0.4) is 0 Å². The fourth-order valence-corrected chi connectivity index (χ4v) is 2.25. The number of nitrogens with two attached hydrogens (primary N) is 1. The molecule has 0 amide bonds. The first-order valence-corrected chi connectivity index (χ1v) is 6.39. The van der Waals surface area contributed by atoms with Gasteiger partial charge in [0.25, 0.3) is 0 Å². The van der Waals surface area contributed by atoms with Crippen molar-refractivity contribution in [2.75, 3.05) is 20.1 Å². The van der Waals surface area contributed by atoms with E-state index in [4.69, 9.17) is 5.73 Å². The minimum absolute atomic E-state index is 0.297. The maximum absolute atomic E-state index is 5.89. The Bertz CT molecular complexity index is 159. The molecule has 0 saturated heterocycles. The molecule has 15 heavy (non-hydrogen) atoms. The van der Waals surface area contributed by atoms with Crippen molar-refractivity contribution in [2.45, 2.75) is 59.4 Å². The SMILES string of the molecule is CCCC(C)N(C)CC(C)(CN)CCC. The summed E-state index contributed by atoms with van der Waals surface area (Å²) < 4.78 is 0. The monoisotopic (exact) mass is 214 g/mol. The van der Waals surface area contributed by atoms with Crippen molar-refractivity contribution in [1.82, 2.24) is 4.90 Å². The van der Waals surface area contributed by atoms with Crippen molar-refractivity contribution in [3.63, 3.8) is 0 Å². The second kappa shape index (κ2) is 7.24. The molecule has 0 aliphatic heterocycles. The van der Waals surface area contributed by atoms with Gasteiger partial charge in [0.2, 0.25) is 0 Å². The van der Waals surface area contributed by atoms with Crippen LogP contribution in [0.2, 0.25) is 0 Å². The third kappa shape index (κ3) is 5.53. The zero-order valence-corrected chi connectivity index (χ0v) is 11.3. The Hall–Kier alpha value is -0.0800. The lowest BCUT2D eigenvalue weighted by Crippen LogP contribution is -2.42. The molecule has 0 radical (unpaired) electrons. The van der Waals surface area contributed by atoms with E-state index in [1.807, 2.05) is 0 Å². The fraction of sp³-hybridized carbons (Fsp3) is 1.00. The second-order valence-electron chi connectivity index (χ2n) is 5.32. The topological polar surface area (TPSA) is 29.3 Å². The van der Waals surface area contributed by atoms with Gasteiger partial charge < -0.3 is 10.6 Å².